The molecule has 0 spiro atoms. The first-order valence-corrected chi connectivity index (χ1v) is 6.82. The zero-order valence-electron chi connectivity index (χ0n) is 12.2. The lowest BCUT2D eigenvalue weighted by molar-refractivity contribution is -0.123. The van der Waals surface area contributed by atoms with E-state index in [9.17, 15) is 9.90 Å². The van der Waals surface area contributed by atoms with Gasteiger partial charge in [0.25, 0.3) is 5.91 Å². The molecule has 1 heterocycles. The third kappa shape index (κ3) is 4.10. The van der Waals surface area contributed by atoms with Crippen LogP contribution >= 0.6 is 0 Å². The zero-order valence-corrected chi connectivity index (χ0v) is 12.2. The number of aliphatic hydroxyl groups excluding tert-OH is 1. The second-order valence-electron chi connectivity index (χ2n) is 4.92. The monoisotopic (exact) mass is 288 g/mol. The largest absolute Gasteiger partial charge is 0.484 e. The molecule has 0 fully saturated rings. The molecule has 1 atom stereocenters. The minimum atomic E-state index is -0.729. The Morgan fingerprint density at radius 1 is 1.33 bits per heavy atom. The van der Waals surface area contributed by atoms with E-state index in [1.54, 1.807) is 0 Å². The van der Waals surface area contributed by atoms with Gasteiger partial charge in [0.05, 0.1) is 0 Å². The summed E-state index contributed by atoms with van der Waals surface area (Å²) in [5, 5.41) is 12.7. The third-order valence-electron chi connectivity index (χ3n) is 3.27. The van der Waals surface area contributed by atoms with E-state index in [1.807, 2.05) is 61.1 Å². The summed E-state index contributed by atoms with van der Waals surface area (Å²) in [7, 11) is 1.85. The normalized spacial score (nSPS) is 12.0. The molecule has 0 bridgehead atoms. The summed E-state index contributed by atoms with van der Waals surface area (Å²) < 4.78 is 7.27. The molecule has 0 radical (unpaired) electrons. The first-order chi connectivity index (χ1) is 10.1. The van der Waals surface area contributed by atoms with Crippen LogP contribution in [0.1, 0.15) is 17.4 Å². The predicted molar refractivity (Wildman–Crippen MR) is 80.1 cm³/mol. The predicted octanol–water partition coefficient (Wildman–Crippen LogP) is 1.56. The maximum absolute atomic E-state index is 11.7. The summed E-state index contributed by atoms with van der Waals surface area (Å²) in [6, 6.07) is 11.2. The molecule has 112 valence electrons. The molecule has 0 aliphatic carbocycles. The Morgan fingerprint density at radius 3 is 2.76 bits per heavy atom. The van der Waals surface area contributed by atoms with E-state index < -0.39 is 6.10 Å². The molecule has 0 saturated heterocycles. The first kappa shape index (κ1) is 15.1. The van der Waals surface area contributed by atoms with E-state index >= 15 is 0 Å². The van der Waals surface area contributed by atoms with Gasteiger partial charge >= 0.3 is 0 Å². The fourth-order valence-electron chi connectivity index (χ4n) is 2.05. The van der Waals surface area contributed by atoms with Crippen LogP contribution in [0, 0.1) is 6.92 Å². The van der Waals surface area contributed by atoms with E-state index in [2.05, 4.69) is 5.32 Å². The molecule has 1 aromatic heterocycles. The van der Waals surface area contributed by atoms with Crippen LogP contribution < -0.4 is 10.1 Å². The number of nitrogens with zero attached hydrogens (tertiary/aromatic N) is 1. The quantitative estimate of drug-likeness (QED) is 0.848. The van der Waals surface area contributed by atoms with Gasteiger partial charge in [-0.05, 0) is 30.7 Å². The number of hydrogen-bond donors (Lipinski definition) is 2. The molecule has 21 heavy (non-hydrogen) atoms. The van der Waals surface area contributed by atoms with Crippen molar-refractivity contribution < 1.29 is 14.6 Å². The van der Waals surface area contributed by atoms with Gasteiger partial charge in [0.15, 0.2) is 6.61 Å². The number of carbonyl (C=O) groups excluding carboxylic acids is 1. The summed E-state index contributed by atoms with van der Waals surface area (Å²) in [4.78, 5) is 11.7. The number of aromatic nitrogens is 1. The zero-order chi connectivity index (χ0) is 15.2. The van der Waals surface area contributed by atoms with Crippen molar-refractivity contribution >= 4 is 5.91 Å². The average molecular weight is 288 g/mol. The van der Waals surface area contributed by atoms with E-state index in [4.69, 9.17) is 4.74 Å². The van der Waals surface area contributed by atoms with Crippen molar-refractivity contribution in [2.24, 2.45) is 7.05 Å². The van der Waals surface area contributed by atoms with Crippen molar-refractivity contribution in [3.8, 4) is 5.75 Å². The number of amides is 1. The van der Waals surface area contributed by atoms with Crippen molar-refractivity contribution in [1.29, 1.82) is 0 Å². The van der Waals surface area contributed by atoms with Gasteiger partial charge in [0, 0.05) is 25.5 Å². The number of ether oxygens (including phenoxy) is 1. The number of benzene rings is 1. The van der Waals surface area contributed by atoms with Crippen molar-refractivity contribution in [2.75, 3.05) is 13.2 Å². The maximum atomic E-state index is 11.7. The molecule has 2 aromatic rings. The first-order valence-electron chi connectivity index (χ1n) is 6.82. The Kier molecular flexibility index (Phi) is 5.00. The smallest absolute Gasteiger partial charge is 0.258 e. The number of nitrogens with one attached hydrogen (secondary N) is 1. The van der Waals surface area contributed by atoms with Crippen molar-refractivity contribution in [3.63, 3.8) is 0 Å². The lowest BCUT2D eigenvalue weighted by Gasteiger charge is -2.14. The lowest BCUT2D eigenvalue weighted by Crippen LogP contribution is -2.32. The third-order valence-corrected chi connectivity index (χ3v) is 3.27. The van der Waals surface area contributed by atoms with Gasteiger partial charge < -0.3 is 19.7 Å². The van der Waals surface area contributed by atoms with E-state index in [0.717, 1.165) is 11.3 Å². The lowest BCUT2D eigenvalue weighted by atomic mass is 10.2. The van der Waals surface area contributed by atoms with Crippen LogP contribution in [0.5, 0.6) is 5.75 Å². The van der Waals surface area contributed by atoms with Gasteiger partial charge in [-0.15, -0.1) is 0 Å². The Hall–Kier alpha value is -2.27. The summed E-state index contributed by atoms with van der Waals surface area (Å²) >= 11 is 0. The van der Waals surface area contributed by atoms with E-state index in [1.165, 1.54) is 0 Å². The van der Waals surface area contributed by atoms with Crippen LogP contribution in [0.15, 0.2) is 42.6 Å². The van der Waals surface area contributed by atoms with Gasteiger partial charge in [0.1, 0.15) is 11.9 Å². The standard InChI is InChI=1S/C16H20N2O3/c1-12-6-3-4-8-15(12)21-11-16(20)17-10-14(19)13-7-5-9-18(13)2/h3-9,14,19H,10-11H2,1-2H3,(H,17,20). The molecule has 0 aliphatic heterocycles. The van der Waals surface area contributed by atoms with Crippen LogP contribution in [-0.4, -0.2) is 28.7 Å². The molecule has 2 rings (SSSR count). The van der Waals surface area contributed by atoms with Crippen LogP contribution in [0.25, 0.3) is 0 Å². The molecule has 5 heteroatoms. The molecule has 5 nitrogen and oxygen atoms in total. The Balaban J connectivity index is 1.78. The van der Waals surface area contributed by atoms with Gasteiger partial charge in [0.2, 0.25) is 0 Å². The van der Waals surface area contributed by atoms with Gasteiger partial charge in [-0.25, -0.2) is 0 Å². The maximum Gasteiger partial charge on any atom is 0.258 e. The summed E-state index contributed by atoms with van der Waals surface area (Å²) in [6.07, 6.45) is 1.12. The number of aliphatic hydroxyl groups is 1. The molecule has 1 amide bonds. The summed E-state index contributed by atoms with van der Waals surface area (Å²) in [5.74, 6) is 0.433. The highest BCUT2D eigenvalue weighted by atomic mass is 16.5. The highest BCUT2D eigenvalue weighted by Gasteiger charge is 2.12. The summed E-state index contributed by atoms with van der Waals surface area (Å²) in [6.45, 7) is 2.02. The molecule has 1 unspecified atom stereocenters. The minimum absolute atomic E-state index is 0.0648. The Labute approximate surface area is 124 Å². The Morgan fingerprint density at radius 2 is 2.10 bits per heavy atom. The van der Waals surface area contributed by atoms with E-state index in [0.29, 0.717) is 5.75 Å². The Bertz CT molecular complexity index is 607. The number of para-hydroxylation sites is 1. The SMILES string of the molecule is Cc1ccccc1OCC(=O)NCC(O)c1cccn1C. The fourth-order valence-corrected chi connectivity index (χ4v) is 2.05. The van der Waals surface area contributed by atoms with E-state index in [-0.39, 0.29) is 19.1 Å². The molecular weight excluding hydrogens is 268 g/mol. The van der Waals surface area contributed by atoms with Crippen molar-refractivity contribution in [3.05, 3.63) is 53.9 Å². The highest BCUT2D eigenvalue weighted by molar-refractivity contribution is 5.77. The second-order valence-corrected chi connectivity index (χ2v) is 4.92. The minimum Gasteiger partial charge on any atom is -0.484 e. The highest BCUT2D eigenvalue weighted by Crippen LogP contribution is 2.16. The molecule has 0 saturated carbocycles. The van der Waals surface area contributed by atoms with Crippen molar-refractivity contribution in [2.45, 2.75) is 13.0 Å². The second kappa shape index (κ2) is 6.95. The number of rotatable bonds is 6. The van der Waals surface area contributed by atoms with Crippen LogP contribution in [-0.2, 0) is 11.8 Å². The number of carbonyl (C=O) groups is 1. The van der Waals surface area contributed by atoms with Crippen molar-refractivity contribution in [1.82, 2.24) is 9.88 Å². The summed E-state index contributed by atoms with van der Waals surface area (Å²) in [5.41, 5.74) is 1.74. The van der Waals surface area contributed by atoms with Gasteiger partial charge in [-0.1, -0.05) is 18.2 Å². The molecule has 2 N–H and O–H groups in total. The van der Waals surface area contributed by atoms with Crippen LogP contribution in [0.4, 0.5) is 0 Å². The van der Waals surface area contributed by atoms with Crippen LogP contribution in [0.2, 0.25) is 0 Å². The average Bonchev–Trinajstić information content (AvgIpc) is 2.90. The molecule has 1 aromatic carbocycles. The molecular formula is C16H20N2O3. The molecule has 0 aliphatic rings. The number of aryl methyl sites for hydroxylation is 2. The topological polar surface area (TPSA) is 63.5 Å². The fraction of sp³-hybridized carbons (Fsp3) is 0.312. The number of hydrogen-bond acceptors (Lipinski definition) is 3. The van der Waals surface area contributed by atoms with Crippen LogP contribution in [0.3, 0.4) is 0 Å². The van der Waals surface area contributed by atoms with Gasteiger partial charge in [-0.3, -0.25) is 4.79 Å². The van der Waals surface area contributed by atoms with Gasteiger partial charge in [-0.2, -0.15) is 0 Å².